The Morgan fingerprint density at radius 1 is 1.00 bits per heavy atom. The van der Waals surface area contributed by atoms with E-state index in [-0.39, 0.29) is 24.2 Å². The van der Waals surface area contributed by atoms with Crippen molar-refractivity contribution in [2.45, 2.75) is 72.1 Å². The zero-order valence-corrected chi connectivity index (χ0v) is 17.1. The predicted octanol–water partition coefficient (Wildman–Crippen LogP) is 5.72. The molecule has 0 atom stereocenters. The number of hydrogen-bond donors (Lipinski definition) is 2. The Morgan fingerprint density at radius 3 is 2.07 bits per heavy atom. The van der Waals surface area contributed by atoms with Gasteiger partial charge in [0.2, 0.25) is 0 Å². The first-order chi connectivity index (χ1) is 12.8. The third kappa shape index (κ3) is 4.67. The zero-order valence-electron chi connectivity index (χ0n) is 17.1. The van der Waals surface area contributed by atoms with Gasteiger partial charge in [-0.3, -0.25) is 4.98 Å². The maximum atomic E-state index is 13.6. The summed E-state index contributed by atoms with van der Waals surface area (Å²) in [4.78, 5) is 5.01. The molecule has 2 N–H and O–H groups in total. The van der Waals surface area contributed by atoms with Crippen LogP contribution < -0.4 is 0 Å². The van der Waals surface area contributed by atoms with E-state index in [0.29, 0.717) is 12.0 Å². The number of phenolic OH excluding ortho intramolecular Hbond substituents is 1. The highest BCUT2D eigenvalue weighted by Crippen LogP contribution is 2.41. The van der Waals surface area contributed by atoms with E-state index in [1.807, 2.05) is 0 Å². The summed E-state index contributed by atoms with van der Waals surface area (Å²) >= 11 is 0. The predicted molar refractivity (Wildman–Crippen MR) is 109 cm³/mol. The number of benzene rings is 1. The molecule has 0 spiro atoms. The molecule has 0 amide bonds. The molecule has 1 heterocycles. The number of hydrogen-bond acceptors (Lipinski definition) is 3. The van der Waals surface area contributed by atoms with Gasteiger partial charge >= 0.3 is 0 Å². The molecule has 0 saturated heterocycles. The third-order valence-corrected chi connectivity index (χ3v) is 4.93. The van der Waals surface area contributed by atoms with E-state index in [1.54, 1.807) is 6.07 Å². The Kier molecular flexibility index (Phi) is 7.37. The molecule has 4 heteroatoms. The van der Waals surface area contributed by atoms with Crippen LogP contribution in [0.1, 0.15) is 81.8 Å². The van der Waals surface area contributed by atoms with Crippen molar-refractivity contribution >= 4 is 0 Å². The number of aromatic nitrogens is 1. The van der Waals surface area contributed by atoms with Gasteiger partial charge in [0.1, 0.15) is 11.6 Å². The van der Waals surface area contributed by atoms with Crippen molar-refractivity contribution in [3.63, 3.8) is 0 Å². The van der Waals surface area contributed by atoms with Crippen LogP contribution in [0.2, 0.25) is 0 Å². The van der Waals surface area contributed by atoms with Crippen LogP contribution in [0, 0.1) is 5.82 Å². The molecule has 1 aromatic heterocycles. The van der Waals surface area contributed by atoms with Crippen molar-refractivity contribution in [1.82, 2.24) is 4.98 Å². The number of aliphatic hydroxyl groups is 1. The van der Waals surface area contributed by atoms with E-state index in [9.17, 15) is 14.6 Å². The Balaban J connectivity index is 2.92. The highest BCUT2D eigenvalue weighted by Gasteiger charge is 2.24. The Bertz CT molecular complexity index is 784. The van der Waals surface area contributed by atoms with E-state index in [4.69, 9.17) is 4.98 Å². The van der Waals surface area contributed by atoms with Crippen molar-refractivity contribution in [2.75, 3.05) is 6.61 Å². The first-order valence-electron chi connectivity index (χ1n) is 9.97. The molecule has 0 aliphatic carbocycles. The fraction of sp³-hybridized carbons (Fsp3) is 0.522. The van der Waals surface area contributed by atoms with Gasteiger partial charge in [0.15, 0.2) is 0 Å². The van der Waals surface area contributed by atoms with Crippen LogP contribution in [0.4, 0.5) is 4.39 Å². The van der Waals surface area contributed by atoms with Gasteiger partial charge in [0.05, 0.1) is 0 Å². The molecule has 148 valence electrons. The van der Waals surface area contributed by atoms with Crippen LogP contribution in [0.25, 0.3) is 11.1 Å². The summed E-state index contributed by atoms with van der Waals surface area (Å²) in [6, 6.07) is 4.18. The Labute approximate surface area is 162 Å². The third-order valence-electron chi connectivity index (χ3n) is 4.93. The van der Waals surface area contributed by atoms with Gasteiger partial charge in [-0.15, -0.1) is 0 Å². The van der Waals surface area contributed by atoms with Gasteiger partial charge in [-0.1, -0.05) is 41.0 Å². The number of nitrogens with zero attached hydrogens (tertiary/aromatic N) is 1. The average molecular weight is 374 g/mol. The molecule has 0 aliphatic heterocycles. The molecule has 0 radical (unpaired) electrons. The first-order valence-corrected chi connectivity index (χ1v) is 9.97. The number of rotatable bonds is 8. The molecule has 0 saturated carbocycles. The number of phenols is 1. The molecule has 2 aromatic rings. The maximum Gasteiger partial charge on any atom is 0.126 e. The molecule has 2 rings (SSSR count). The minimum absolute atomic E-state index is 0.00456. The molecule has 0 aliphatic rings. The van der Waals surface area contributed by atoms with Crippen LogP contribution in [-0.2, 0) is 12.8 Å². The average Bonchev–Trinajstić information content (AvgIpc) is 2.60. The van der Waals surface area contributed by atoms with Gasteiger partial charge in [0, 0.05) is 29.6 Å². The number of halogens is 1. The number of unbranched alkanes of at least 4 members (excludes halogenated alkanes) is 1. The van der Waals surface area contributed by atoms with E-state index in [2.05, 4.69) is 34.6 Å². The number of aliphatic hydroxyl groups excluding tert-OH is 1. The largest absolute Gasteiger partial charge is 0.507 e. The fourth-order valence-corrected chi connectivity index (χ4v) is 3.67. The lowest BCUT2D eigenvalue weighted by molar-refractivity contribution is 0.299. The minimum Gasteiger partial charge on any atom is -0.507 e. The van der Waals surface area contributed by atoms with E-state index < -0.39 is 5.82 Å². The second-order valence-electron chi connectivity index (χ2n) is 7.76. The summed E-state index contributed by atoms with van der Waals surface area (Å²) in [6.45, 7) is 10.6. The summed E-state index contributed by atoms with van der Waals surface area (Å²) in [7, 11) is 0. The highest BCUT2D eigenvalue weighted by atomic mass is 19.1. The summed E-state index contributed by atoms with van der Waals surface area (Å²) in [5.41, 5.74) is 5.61. The number of pyridine rings is 1. The summed E-state index contributed by atoms with van der Waals surface area (Å²) in [6.07, 6.45) is 3.37. The highest BCUT2D eigenvalue weighted by molar-refractivity contribution is 5.78. The molecule has 0 unspecified atom stereocenters. The van der Waals surface area contributed by atoms with Gasteiger partial charge < -0.3 is 10.2 Å². The molecule has 0 fully saturated rings. The fourth-order valence-electron chi connectivity index (χ4n) is 3.67. The van der Waals surface area contributed by atoms with Crippen LogP contribution in [-0.4, -0.2) is 21.8 Å². The Hall–Kier alpha value is -1.94. The van der Waals surface area contributed by atoms with Crippen molar-refractivity contribution in [3.8, 4) is 16.9 Å². The second-order valence-corrected chi connectivity index (χ2v) is 7.76. The molecular formula is C23H32FNO2. The number of aromatic hydroxyl groups is 1. The molecule has 3 nitrogen and oxygen atoms in total. The lowest BCUT2D eigenvalue weighted by Gasteiger charge is -2.25. The minimum atomic E-state index is -0.461. The van der Waals surface area contributed by atoms with Crippen LogP contribution in [0.3, 0.4) is 0 Å². The SMILES string of the molecule is CCCCc1c(C(C)C)nc(C(C)C)c(CCO)c1-c1ccc(F)cc1O. The quantitative estimate of drug-likeness (QED) is 0.622. The normalized spacial score (nSPS) is 11.6. The lowest BCUT2D eigenvalue weighted by Crippen LogP contribution is -2.13. The van der Waals surface area contributed by atoms with Crippen LogP contribution >= 0.6 is 0 Å². The van der Waals surface area contributed by atoms with Gasteiger partial charge in [-0.2, -0.15) is 0 Å². The summed E-state index contributed by atoms with van der Waals surface area (Å²) < 4.78 is 13.6. The standard InChI is InChI=1S/C23H32FNO2/c1-6-7-8-18-21(17-10-9-16(24)13-20(17)27)19(11-12-26)23(15(4)5)25-22(18)14(2)3/h9-10,13-15,26-27H,6-8,11-12H2,1-5H3. The Morgan fingerprint density at radius 2 is 1.59 bits per heavy atom. The van der Waals surface area contributed by atoms with E-state index in [0.717, 1.165) is 53.4 Å². The van der Waals surface area contributed by atoms with Crippen molar-refractivity contribution in [3.05, 3.63) is 46.5 Å². The summed E-state index contributed by atoms with van der Waals surface area (Å²) in [5.74, 6) is -0.107. The monoisotopic (exact) mass is 373 g/mol. The van der Waals surface area contributed by atoms with Gasteiger partial charge in [-0.05, 0) is 59.9 Å². The lowest BCUT2D eigenvalue weighted by atomic mass is 9.84. The van der Waals surface area contributed by atoms with E-state index >= 15 is 0 Å². The van der Waals surface area contributed by atoms with Crippen LogP contribution in [0.15, 0.2) is 18.2 Å². The maximum absolute atomic E-state index is 13.6. The van der Waals surface area contributed by atoms with Gasteiger partial charge in [0.25, 0.3) is 0 Å². The summed E-state index contributed by atoms with van der Waals surface area (Å²) in [5, 5.41) is 20.2. The van der Waals surface area contributed by atoms with Crippen molar-refractivity contribution < 1.29 is 14.6 Å². The molecule has 0 bridgehead atoms. The molecule has 27 heavy (non-hydrogen) atoms. The van der Waals surface area contributed by atoms with Crippen molar-refractivity contribution in [1.29, 1.82) is 0 Å². The first kappa shape index (κ1) is 21.4. The van der Waals surface area contributed by atoms with Crippen LogP contribution in [0.5, 0.6) is 5.75 Å². The van der Waals surface area contributed by atoms with E-state index in [1.165, 1.54) is 6.07 Å². The van der Waals surface area contributed by atoms with Gasteiger partial charge in [-0.25, -0.2) is 4.39 Å². The molecular weight excluding hydrogens is 341 g/mol. The second kappa shape index (κ2) is 9.32. The topological polar surface area (TPSA) is 53.4 Å². The smallest absolute Gasteiger partial charge is 0.126 e. The van der Waals surface area contributed by atoms with Crippen molar-refractivity contribution in [2.24, 2.45) is 0 Å². The molecule has 1 aromatic carbocycles. The zero-order chi connectivity index (χ0) is 20.1.